The predicted molar refractivity (Wildman–Crippen MR) is 60.4 cm³/mol. The number of anilines is 1. The lowest BCUT2D eigenvalue weighted by Gasteiger charge is -2.10. The van der Waals surface area contributed by atoms with E-state index in [-0.39, 0.29) is 18.2 Å². The molecule has 1 aromatic carbocycles. The molecule has 1 aromatic rings. The average molecular weight is 244 g/mol. The van der Waals surface area contributed by atoms with Gasteiger partial charge in [0.25, 0.3) is 0 Å². The van der Waals surface area contributed by atoms with E-state index in [0.29, 0.717) is 11.3 Å². The van der Waals surface area contributed by atoms with Crippen molar-refractivity contribution in [3.8, 4) is 5.75 Å². The summed E-state index contributed by atoms with van der Waals surface area (Å²) in [5, 5.41) is 5.24. The van der Waals surface area contributed by atoms with Crippen molar-refractivity contribution in [1.82, 2.24) is 5.32 Å². The van der Waals surface area contributed by atoms with Crippen molar-refractivity contribution in [2.45, 2.75) is 13.5 Å². The first-order valence-electron chi connectivity index (χ1n) is 5.03. The molecule has 0 unspecified atom stereocenters. The van der Waals surface area contributed by atoms with Crippen LogP contribution in [0.2, 0.25) is 0 Å². The van der Waals surface area contributed by atoms with Gasteiger partial charge in [0.1, 0.15) is 5.75 Å². The molecule has 94 valence electrons. The molecule has 0 aliphatic carbocycles. The van der Waals surface area contributed by atoms with Crippen molar-refractivity contribution in [2.24, 2.45) is 0 Å². The minimum absolute atomic E-state index is 0.0576. The van der Waals surface area contributed by atoms with Crippen LogP contribution in [0.25, 0.3) is 0 Å². The van der Waals surface area contributed by atoms with Gasteiger partial charge >= 0.3 is 6.61 Å². The fourth-order valence-corrected chi connectivity index (χ4v) is 1.27. The molecule has 1 rings (SSSR count). The molecule has 0 saturated carbocycles. The lowest BCUT2D eigenvalue weighted by molar-refractivity contribution is -0.115. The van der Waals surface area contributed by atoms with Crippen molar-refractivity contribution in [1.29, 1.82) is 0 Å². The Labute approximate surface area is 98.0 Å². The van der Waals surface area contributed by atoms with E-state index in [1.54, 1.807) is 26.1 Å². The number of hydrogen-bond donors (Lipinski definition) is 2. The predicted octanol–water partition coefficient (Wildman–Crippen LogP) is 1.75. The topological polar surface area (TPSA) is 50.4 Å². The van der Waals surface area contributed by atoms with Crippen LogP contribution in [0.1, 0.15) is 5.56 Å². The van der Waals surface area contributed by atoms with E-state index >= 15 is 0 Å². The van der Waals surface area contributed by atoms with E-state index in [9.17, 15) is 13.6 Å². The zero-order valence-corrected chi connectivity index (χ0v) is 9.59. The van der Waals surface area contributed by atoms with Crippen molar-refractivity contribution in [2.75, 3.05) is 18.9 Å². The van der Waals surface area contributed by atoms with E-state index in [4.69, 9.17) is 0 Å². The normalized spacial score (nSPS) is 10.4. The van der Waals surface area contributed by atoms with Gasteiger partial charge in [-0.1, -0.05) is 6.07 Å². The van der Waals surface area contributed by atoms with Gasteiger partial charge < -0.3 is 15.4 Å². The minimum Gasteiger partial charge on any atom is -0.434 e. The minimum atomic E-state index is -2.88. The second kappa shape index (κ2) is 6.15. The fourth-order valence-electron chi connectivity index (χ4n) is 1.27. The maximum Gasteiger partial charge on any atom is 0.387 e. The number of halogens is 2. The van der Waals surface area contributed by atoms with Gasteiger partial charge in [-0.05, 0) is 25.6 Å². The number of aryl methyl sites for hydroxylation is 1. The van der Waals surface area contributed by atoms with Gasteiger partial charge in [-0.3, -0.25) is 4.79 Å². The van der Waals surface area contributed by atoms with Crippen molar-refractivity contribution >= 4 is 11.6 Å². The number of alkyl halides is 2. The molecule has 0 aromatic heterocycles. The lowest BCUT2D eigenvalue weighted by Crippen LogP contribution is -2.25. The highest BCUT2D eigenvalue weighted by atomic mass is 19.3. The van der Waals surface area contributed by atoms with Gasteiger partial charge in [0.15, 0.2) is 0 Å². The molecule has 0 fully saturated rings. The number of carbonyl (C=O) groups excluding carboxylic acids is 1. The SMILES string of the molecule is CNCC(=O)Nc1ccc(C)c(OC(F)F)c1. The first-order chi connectivity index (χ1) is 8.02. The summed E-state index contributed by atoms with van der Waals surface area (Å²) in [5.41, 5.74) is 1.00. The number of carbonyl (C=O) groups is 1. The van der Waals surface area contributed by atoms with Gasteiger partial charge in [-0.25, -0.2) is 0 Å². The smallest absolute Gasteiger partial charge is 0.387 e. The highest BCUT2D eigenvalue weighted by molar-refractivity contribution is 5.92. The Morgan fingerprint density at radius 2 is 2.18 bits per heavy atom. The molecule has 17 heavy (non-hydrogen) atoms. The summed E-state index contributed by atoms with van der Waals surface area (Å²) in [4.78, 5) is 11.3. The third kappa shape index (κ3) is 4.36. The van der Waals surface area contributed by atoms with Crippen LogP contribution in [0.4, 0.5) is 14.5 Å². The van der Waals surface area contributed by atoms with Gasteiger partial charge in [-0.2, -0.15) is 8.78 Å². The van der Waals surface area contributed by atoms with Crippen LogP contribution in [0.5, 0.6) is 5.75 Å². The monoisotopic (exact) mass is 244 g/mol. The number of hydrogen-bond acceptors (Lipinski definition) is 3. The molecule has 1 amide bonds. The quantitative estimate of drug-likeness (QED) is 0.829. The highest BCUT2D eigenvalue weighted by Crippen LogP contribution is 2.24. The van der Waals surface area contributed by atoms with Gasteiger partial charge in [0.05, 0.1) is 6.54 Å². The first-order valence-corrected chi connectivity index (χ1v) is 5.03. The average Bonchev–Trinajstić information content (AvgIpc) is 2.22. The van der Waals surface area contributed by atoms with Crippen LogP contribution in [-0.2, 0) is 4.79 Å². The molecule has 0 spiro atoms. The maximum atomic E-state index is 12.1. The van der Waals surface area contributed by atoms with E-state index in [2.05, 4.69) is 15.4 Å². The van der Waals surface area contributed by atoms with Crippen molar-refractivity contribution < 1.29 is 18.3 Å². The molecule has 4 nitrogen and oxygen atoms in total. The summed E-state index contributed by atoms with van der Waals surface area (Å²) in [6, 6.07) is 4.60. The highest BCUT2D eigenvalue weighted by Gasteiger charge is 2.09. The molecule has 0 radical (unpaired) electrons. The molecular formula is C11H14F2N2O2. The summed E-state index contributed by atoms with van der Waals surface area (Å²) in [6.45, 7) is -1.08. The summed E-state index contributed by atoms with van der Waals surface area (Å²) >= 11 is 0. The third-order valence-electron chi connectivity index (χ3n) is 2.03. The second-order valence-electron chi connectivity index (χ2n) is 3.44. The Kier molecular flexibility index (Phi) is 4.84. The number of amides is 1. The maximum absolute atomic E-state index is 12.1. The molecule has 0 aliphatic heterocycles. The van der Waals surface area contributed by atoms with Crippen LogP contribution in [0, 0.1) is 6.92 Å². The zero-order chi connectivity index (χ0) is 12.8. The van der Waals surface area contributed by atoms with Gasteiger partial charge in [-0.15, -0.1) is 0 Å². The number of rotatable bonds is 5. The Morgan fingerprint density at radius 1 is 1.47 bits per heavy atom. The first kappa shape index (κ1) is 13.4. The molecule has 0 saturated heterocycles. The summed E-state index contributed by atoms with van der Waals surface area (Å²) in [5.74, 6) is -0.193. The number of ether oxygens (including phenoxy) is 1. The number of benzene rings is 1. The number of nitrogens with one attached hydrogen (secondary N) is 2. The fraction of sp³-hybridized carbons (Fsp3) is 0.364. The molecular weight excluding hydrogens is 230 g/mol. The van der Waals surface area contributed by atoms with Crippen LogP contribution in [0.15, 0.2) is 18.2 Å². The van der Waals surface area contributed by atoms with Gasteiger partial charge in [0.2, 0.25) is 5.91 Å². The molecule has 2 N–H and O–H groups in total. The standard InChI is InChI=1S/C11H14F2N2O2/c1-7-3-4-8(15-10(16)6-14-2)5-9(7)17-11(12)13/h3-5,11,14H,6H2,1-2H3,(H,15,16). The van der Waals surface area contributed by atoms with Crippen LogP contribution >= 0.6 is 0 Å². The Bertz CT molecular complexity index is 397. The van der Waals surface area contributed by atoms with Crippen LogP contribution in [0.3, 0.4) is 0 Å². The molecule has 0 heterocycles. The van der Waals surface area contributed by atoms with Gasteiger partial charge in [0, 0.05) is 11.8 Å². The van der Waals surface area contributed by atoms with Crippen molar-refractivity contribution in [3.63, 3.8) is 0 Å². The van der Waals surface area contributed by atoms with Crippen LogP contribution in [-0.4, -0.2) is 26.1 Å². The Hall–Kier alpha value is -1.69. The Balaban J connectivity index is 2.77. The van der Waals surface area contributed by atoms with E-state index in [0.717, 1.165) is 0 Å². The molecule has 6 heteroatoms. The summed E-state index contributed by atoms with van der Waals surface area (Å²) in [6.07, 6.45) is 0. The van der Waals surface area contributed by atoms with Crippen LogP contribution < -0.4 is 15.4 Å². The number of likely N-dealkylation sites (N-methyl/N-ethyl adjacent to an activating group) is 1. The van der Waals surface area contributed by atoms with E-state index in [1.165, 1.54) is 6.07 Å². The molecule has 0 bridgehead atoms. The lowest BCUT2D eigenvalue weighted by atomic mass is 10.2. The molecule has 0 atom stereocenters. The van der Waals surface area contributed by atoms with E-state index in [1.807, 2.05) is 0 Å². The summed E-state index contributed by atoms with van der Waals surface area (Å²) < 4.78 is 28.5. The third-order valence-corrected chi connectivity index (χ3v) is 2.03. The molecule has 0 aliphatic rings. The largest absolute Gasteiger partial charge is 0.434 e. The second-order valence-corrected chi connectivity index (χ2v) is 3.44. The van der Waals surface area contributed by atoms with Crippen molar-refractivity contribution in [3.05, 3.63) is 23.8 Å². The van der Waals surface area contributed by atoms with E-state index < -0.39 is 6.61 Å². The Morgan fingerprint density at radius 3 is 2.76 bits per heavy atom. The zero-order valence-electron chi connectivity index (χ0n) is 9.59. The summed E-state index contributed by atoms with van der Waals surface area (Å²) in [7, 11) is 1.64.